The normalized spacial score (nSPS) is 17.5. The van der Waals surface area contributed by atoms with Crippen molar-refractivity contribution in [3.05, 3.63) is 58.6 Å². The first kappa shape index (κ1) is 22.6. The molecule has 2 heterocycles. The van der Waals surface area contributed by atoms with Gasteiger partial charge in [0.2, 0.25) is 15.9 Å². The lowest BCUT2D eigenvalue weighted by atomic mass is 9.99. The van der Waals surface area contributed by atoms with Gasteiger partial charge in [-0.2, -0.15) is 4.31 Å². The van der Waals surface area contributed by atoms with Crippen molar-refractivity contribution in [1.82, 2.24) is 14.6 Å². The number of piperidine rings is 1. The number of thioether (sulfide) groups is 1. The quantitative estimate of drug-likeness (QED) is 0.508. The fraction of sp³-hybridized carbons (Fsp3) is 0.364. The number of carbonyl (C=O) groups is 1. The SMILES string of the molecule is CSc1ccc(CCNC(=O)[C@@H]2CCCN(S(=O)(=O)c3ccc4[nH]c(=O)oc4c3)C2)cc1. The van der Waals surface area contributed by atoms with Crippen LogP contribution in [0.4, 0.5) is 0 Å². The molecule has 32 heavy (non-hydrogen) atoms. The van der Waals surface area contributed by atoms with E-state index in [9.17, 15) is 18.0 Å². The van der Waals surface area contributed by atoms with Crippen LogP contribution in [0.1, 0.15) is 18.4 Å². The Kier molecular flexibility index (Phi) is 6.73. The van der Waals surface area contributed by atoms with E-state index in [1.807, 2.05) is 6.26 Å². The molecule has 0 saturated carbocycles. The summed E-state index contributed by atoms with van der Waals surface area (Å²) in [5.74, 6) is -1.16. The van der Waals surface area contributed by atoms with Crippen LogP contribution in [0.5, 0.6) is 0 Å². The van der Waals surface area contributed by atoms with Crippen molar-refractivity contribution in [2.45, 2.75) is 29.1 Å². The van der Waals surface area contributed by atoms with Crippen molar-refractivity contribution in [2.75, 3.05) is 25.9 Å². The fourth-order valence-electron chi connectivity index (χ4n) is 3.88. The van der Waals surface area contributed by atoms with E-state index in [1.54, 1.807) is 11.8 Å². The number of aromatic nitrogens is 1. The summed E-state index contributed by atoms with van der Waals surface area (Å²) in [4.78, 5) is 27.8. The Morgan fingerprint density at radius 3 is 2.78 bits per heavy atom. The van der Waals surface area contributed by atoms with Crippen molar-refractivity contribution >= 4 is 38.8 Å². The molecule has 170 valence electrons. The van der Waals surface area contributed by atoms with Gasteiger partial charge in [0.25, 0.3) is 0 Å². The third-order valence-corrected chi connectivity index (χ3v) is 8.26. The number of sulfonamides is 1. The minimum atomic E-state index is -3.81. The number of hydrogen-bond donors (Lipinski definition) is 2. The molecule has 1 amide bonds. The van der Waals surface area contributed by atoms with Crippen molar-refractivity contribution < 1.29 is 17.6 Å². The summed E-state index contributed by atoms with van der Waals surface area (Å²) in [5.41, 5.74) is 1.77. The first-order valence-electron chi connectivity index (χ1n) is 10.4. The Hall–Kier alpha value is -2.56. The second kappa shape index (κ2) is 9.51. The zero-order chi connectivity index (χ0) is 22.7. The highest BCUT2D eigenvalue weighted by molar-refractivity contribution is 7.98. The number of H-pyrrole nitrogens is 1. The molecule has 4 rings (SSSR count). The molecular formula is C22H25N3O5S2. The Balaban J connectivity index is 1.37. The molecule has 0 aliphatic carbocycles. The Labute approximate surface area is 190 Å². The predicted octanol–water partition coefficient (Wildman–Crippen LogP) is 2.60. The Morgan fingerprint density at radius 2 is 2.03 bits per heavy atom. The second-order valence-corrected chi connectivity index (χ2v) is 10.6. The molecule has 2 N–H and O–H groups in total. The molecule has 3 aromatic rings. The van der Waals surface area contributed by atoms with Crippen LogP contribution in [-0.4, -0.2) is 49.5 Å². The third kappa shape index (κ3) is 4.92. The third-order valence-electron chi connectivity index (χ3n) is 5.66. The van der Waals surface area contributed by atoms with Gasteiger partial charge in [0.15, 0.2) is 5.58 Å². The summed E-state index contributed by atoms with van der Waals surface area (Å²) in [5, 5.41) is 2.95. The van der Waals surface area contributed by atoms with Crippen molar-refractivity contribution in [3.63, 3.8) is 0 Å². The minimum absolute atomic E-state index is 0.0440. The maximum absolute atomic E-state index is 13.1. The van der Waals surface area contributed by atoms with Crippen LogP contribution in [0.2, 0.25) is 0 Å². The van der Waals surface area contributed by atoms with Crippen molar-refractivity contribution in [1.29, 1.82) is 0 Å². The standard InChI is InChI=1S/C22H25N3O5S2/c1-31-17-6-4-15(5-7-17)10-11-23-21(26)16-3-2-12-25(14-16)32(28,29)18-8-9-19-20(13-18)30-22(27)24-19/h4-9,13,16H,2-3,10-12,14H2,1H3,(H,23,26)(H,24,27)/t16-/m1/s1. The number of benzene rings is 2. The summed E-state index contributed by atoms with van der Waals surface area (Å²) in [6, 6.07) is 12.5. The summed E-state index contributed by atoms with van der Waals surface area (Å²) in [7, 11) is -3.81. The molecule has 0 spiro atoms. The highest BCUT2D eigenvalue weighted by atomic mass is 32.2. The monoisotopic (exact) mass is 475 g/mol. The van der Waals surface area contributed by atoms with E-state index >= 15 is 0 Å². The number of carbonyl (C=O) groups excluding carboxylic acids is 1. The predicted molar refractivity (Wildman–Crippen MR) is 123 cm³/mol. The van der Waals surface area contributed by atoms with E-state index in [2.05, 4.69) is 34.6 Å². The Bertz CT molecular complexity index is 1260. The number of nitrogens with zero attached hydrogens (tertiary/aromatic N) is 1. The van der Waals surface area contributed by atoms with E-state index in [-0.39, 0.29) is 22.9 Å². The van der Waals surface area contributed by atoms with E-state index < -0.39 is 21.7 Å². The van der Waals surface area contributed by atoms with Crippen LogP contribution in [0.25, 0.3) is 11.1 Å². The van der Waals surface area contributed by atoms with Gasteiger partial charge in [0.05, 0.1) is 16.3 Å². The first-order valence-corrected chi connectivity index (χ1v) is 13.1. The molecule has 8 nitrogen and oxygen atoms in total. The van der Waals surface area contributed by atoms with E-state index in [0.717, 1.165) is 12.0 Å². The van der Waals surface area contributed by atoms with Gasteiger partial charge in [0, 0.05) is 30.6 Å². The number of amides is 1. The molecule has 1 aliphatic heterocycles. The van der Waals surface area contributed by atoms with Crippen molar-refractivity contribution in [3.8, 4) is 0 Å². The van der Waals surface area contributed by atoms with Gasteiger partial charge in [-0.25, -0.2) is 13.2 Å². The summed E-state index contributed by atoms with van der Waals surface area (Å²) in [6.45, 7) is 0.985. The average molecular weight is 476 g/mol. The van der Waals surface area contributed by atoms with Crippen LogP contribution in [-0.2, 0) is 21.2 Å². The van der Waals surface area contributed by atoms with Crippen LogP contribution < -0.4 is 11.1 Å². The van der Waals surface area contributed by atoms with Gasteiger partial charge in [-0.05, 0) is 55.3 Å². The van der Waals surface area contributed by atoms with Gasteiger partial charge in [0.1, 0.15) is 0 Å². The molecule has 10 heteroatoms. The minimum Gasteiger partial charge on any atom is -0.408 e. The van der Waals surface area contributed by atoms with E-state index in [0.29, 0.717) is 31.4 Å². The smallest absolute Gasteiger partial charge is 0.408 e. The lowest BCUT2D eigenvalue weighted by Crippen LogP contribution is -2.45. The van der Waals surface area contributed by atoms with Crippen LogP contribution in [0, 0.1) is 5.92 Å². The van der Waals surface area contributed by atoms with Gasteiger partial charge in [-0.15, -0.1) is 11.8 Å². The molecular weight excluding hydrogens is 450 g/mol. The molecule has 1 saturated heterocycles. The highest BCUT2D eigenvalue weighted by Crippen LogP contribution is 2.25. The van der Waals surface area contributed by atoms with Crippen LogP contribution in [0.3, 0.4) is 0 Å². The number of aromatic amines is 1. The summed E-state index contributed by atoms with van der Waals surface area (Å²) in [6.07, 6.45) is 4.00. The maximum Gasteiger partial charge on any atom is 0.417 e. The molecule has 0 unspecified atom stereocenters. The van der Waals surface area contributed by atoms with Crippen LogP contribution >= 0.6 is 11.8 Å². The van der Waals surface area contributed by atoms with Gasteiger partial charge in [-0.1, -0.05) is 12.1 Å². The largest absolute Gasteiger partial charge is 0.417 e. The van der Waals surface area contributed by atoms with Gasteiger partial charge in [-0.3, -0.25) is 9.78 Å². The molecule has 1 atom stereocenters. The molecule has 0 radical (unpaired) electrons. The van der Waals surface area contributed by atoms with E-state index in [4.69, 9.17) is 4.42 Å². The molecule has 1 aromatic heterocycles. The average Bonchev–Trinajstić information content (AvgIpc) is 3.18. The first-order chi connectivity index (χ1) is 15.4. The topological polar surface area (TPSA) is 112 Å². The number of hydrogen-bond acceptors (Lipinski definition) is 6. The number of fused-ring (bicyclic) bond motifs is 1. The number of nitrogens with one attached hydrogen (secondary N) is 2. The second-order valence-electron chi connectivity index (χ2n) is 7.76. The van der Waals surface area contributed by atoms with Gasteiger partial charge >= 0.3 is 5.76 Å². The summed E-state index contributed by atoms with van der Waals surface area (Å²) >= 11 is 1.68. The fourth-order valence-corrected chi connectivity index (χ4v) is 5.82. The van der Waals surface area contributed by atoms with Crippen LogP contribution in [0.15, 0.2) is 61.5 Å². The van der Waals surface area contributed by atoms with Gasteiger partial charge < -0.3 is 9.73 Å². The lowest BCUT2D eigenvalue weighted by Gasteiger charge is -2.31. The lowest BCUT2D eigenvalue weighted by molar-refractivity contribution is -0.126. The number of oxazole rings is 1. The summed E-state index contributed by atoms with van der Waals surface area (Å²) < 4.78 is 32.6. The maximum atomic E-state index is 13.1. The molecule has 1 fully saturated rings. The zero-order valence-electron chi connectivity index (χ0n) is 17.7. The number of rotatable bonds is 7. The van der Waals surface area contributed by atoms with E-state index in [1.165, 1.54) is 27.4 Å². The molecule has 2 aromatic carbocycles. The highest BCUT2D eigenvalue weighted by Gasteiger charge is 2.33. The zero-order valence-corrected chi connectivity index (χ0v) is 19.3. The molecule has 1 aliphatic rings. The molecule has 0 bridgehead atoms. The Morgan fingerprint density at radius 1 is 1.25 bits per heavy atom. The van der Waals surface area contributed by atoms with Crippen molar-refractivity contribution in [2.24, 2.45) is 5.92 Å².